The number of rotatable bonds is 2. The Morgan fingerprint density at radius 2 is 1.87 bits per heavy atom. The summed E-state index contributed by atoms with van der Waals surface area (Å²) in [4.78, 5) is 4.41. The molecule has 0 bridgehead atoms. The molecule has 0 N–H and O–H groups in total. The monoisotopic (exact) mass is 205 g/mol. The molecule has 0 aromatic carbocycles. The van der Waals surface area contributed by atoms with E-state index in [-0.39, 0.29) is 0 Å². The van der Waals surface area contributed by atoms with E-state index in [0.29, 0.717) is 6.10 Å². The second-order valence-corrected chi connectivity index (χ2v) is 4.41. The first-order chi connectivity index (χ1) is 7.25. The smallest absolute Gasteiger partial charge is 0.140 e. The predicted molar refractivity (Wildman–Crippen MR) is 61.2 cm³/mol. The van der Waals surface area contributed by atoms with E-state index in [0.717, 1.165) is 17.1 Å². The van der Waals surface area contributed by atoms with Gasteiger partial charge in [-0.05, 0) is 51.7 Å². The van der Waals surface area contributed by atoms with Crippen LogP contribution in [-0.2, 0) is 0 Å². The van der Waals surface area contributed by atoms with Crippen LogP contribution in [0.3, 0.4) is 0 Å². The van der Waals surface area contributed by atoms with Crippen LogP contribution in [0.15, 0.2) is 12.1 Å². The minimum absolute atomic E-state index is 0.418. The number of nitrogens with zero attached hydrogens (tertiary/aromatic N) is 1. The molecule has 2 rings (SSSR count). The SMILES string of the molecule is Cc1ccc(OC2CCCCC2)c(C)n1. The molecule has 0 saturated heterocycles. The number of ether oxygens (including phenoxy) is 1. The highest BCUT2D eigenvalue weighted by molar-refractivity contribution is 5.28. The zero-order chi connectivity index (χ0) is 10.7. The van der Waals surface area contributed by atoms with Gasteiger partial charge in [0.1, 0.15) is 5.75 Å². The van der Waals surface area contributed by atoms with E-state index in [1.807, 2.05) is 26.0 Å². The van der Waals surface area contributed by atoms with Gasteiger partial charge in [0.2, 0.25) is 0 Å². The summed E-state index contributed by atoms with van der Waals surface area (Å²) in [7, 11) is 0. The highest BCUT2D eigenvalue weighted by Crippen LogP contribution is 2.24. The Labute approximate surface area is 91.7 Å². The molecule has 1 aliphatic rings. The molecule has 2 nitrogen and oxygen atoms in total. The molecule has 0 radical (unpaired) electrons. The van der Waals surface area contributed by atoms with E-state index in [2.05, 4.69) is 4.98 Å². The molecule has 1 fully saturated rings. The van der Waals surface area contributed by atoms with Gasteiger partial charge in [0.05, 0.1) is 11.8 Å². The van der Waals surface area contributed by atoms with Crippen molar-refractivity contribution in [1.82, 2.24) is 4.98 Å². The van der Waals surface area contributed by atoms with Crippen molar-refractivity contribution in [2.75, 3.05) is 0 Å². The Balaban J connectivity index is 2.03. The fourth-order valence-corrected chi connectivity index (χ4v) is 2.16. The number of pyridine rings is 1. The van der Waals surface area contributed by atoms with Crippen LogP contribution in [0.4, 0.5) is 0 Å². The van der Waals surface area contributed by atoms with Crippen molar-refractivity contribution >= 4 is 0 Å². The number of hydrogen-bond acceptors (Lipinski definition) is 2. The maximum atomic E-state index is 5.98. The van der Waals surface area contributed by atoms with Crippen molar-refractivity contribution < 1.29 is 4.74 Å². The average Bonchev–Trinajstić information content (AvgIpc) is 2.24. The fourth-order valence-electron chi connectivity index (χ4n) is 2.16. The Morgan fingerprint density at radius 3 is 2.53 bits per heavy atom. The van der Waals surface area contributed by atoms with Crippen LogP contribution < -0.4 is 4.74 Å². The third-order valence-electron chi connectivity index (χ3n) is 3.02. The minimum atomic E-state index is 0.418. The van der Waals surface area contributed by atoms with Gasteiger partial charge in [-0.15, -0.1) is 0 Å². The molecule has 0 atom stereocenters. The summed E-state index contributed by atoms with van der Waals surface area (Å²) in [5.74, 6) is 0.965. The van der Waals surface area contributed by atoms with E-state index in [4.69, 9.17) is 4.74 Å². The highest BCUT2D eigenvalue weighted by Gasteiger charge is 2.15. The van der Waals surface area contributed by atoms with Gasteiger partial charge in [-0.2, -0.15) is 0 Å². The topological polar surface area (TPSA) is 22.1 Å². The molecular weight excluding hydrogens is 186 g/mol. The van der Waals surface area contributed by atoms with Gasteiger partial charge in [0, 0.05) is 5.69 Å². The molecular formula is C13H19NO. The number of aryl methyl sites for hydroxylation is 2. The first-order valence-corrected chi connectivity index (χ1v) is 5.86. The average molecular weight is 205 g/mol. The van der Waals surface area contributed by atoms with Crippen molar-refractivity contribution in [2.24, 2.45) is 0 Å². The quantitative estimate of drug-likeness (QED) is 0.738. The Bertz CT molecular complexity index is 329. The van der Waals surface area contributed by atoms with E-state index in [1.165, 1.54) is 32.1 Å². The van der Waals surface area contributed by atoms with E-state index >= 15 is 0 Å². The second-order valence-electron chi connectivity index (χ2n) is 4.41. The molecule has 82 valence electrons. The molecule has 1 aromatic heterocycles. The predicted octanol–water partition coefficient (Wildman–Crippen LogP) is 3.41. The molecule has 2 heteroatoms. The van der Waals surface area contributed by atoms with Gasteiger partial charge in [0.15, 0.2) is 0 Å². The van der Waals surface area contributed by atoms with Gasteiger partial charge in [-0.3, -0.25) is 4.98 Å². The van der Waals surface area contributed by atoms with Crippen LogP contribution in [0.5, 0.6) is 5.75 Å². The van der Waals surface area contributed by atoms with Crippen LogP contribution in [-0.4, -0.2) is 11.1 Å². The largest absolute Gasteiger partial charge is 0.489 e. The van der Waals surface area contributed by atoms with Crippen molar-refractivity contribution in [1.29, 1.82) is 0 Å². The van der Waals surface area contributed by atoms with Crippen molar-refractivity contribution in [3.63, 3.8) is 0 Å². The summed E-state index contributed by atoms with van der Waals surface area (Å²) in [5.41, 5.74) is 2.07. The lowest BCUT2D eigenvalue weighted by Gasteiger charge is -2.23. The van der Waals surface area contributed by atoms with Crippen molar-refractivity contribution in [3.05, 3.63) is 23.5 Å². The Morgan fingerprint density at radius 1 is 1.13 bits per heavy atom. The van der Waals surface area contributed by atoms with Gasteiger partial charge in [0.25, 0.3) is 0 Å². The van der Waals surface area contributed by atoms with Crippen LogP contribution in [0.25, 0.3) is 0 Å². The lowest BCUT2D eigenvalue weighted by molar-refractivity contribution is 0.153. The lowest BCUT2D eigenvalue weighted by atomic mass is 9.98. The maximum absolute atomic E-state index is 5.98. The first-order valence-electron chi connectivity index (χ1n) is 5.86. The van der Waals surface area contributed by atoms with E-state index < -0.39 is 0 Å². The lowest BCUT2D eigenvalue weighted by Crippen LogP contribution is -2.20. The summed E-state index contributed by atoms with van der Waals surface area (Å²) >= 11 is 0. The molecule has 1 saturated carbocycles. The molecule has 1 aromatic rings. The minimum Gasteiger partial charge on any atom is -0.489 e. The summed E-state index contributed by atoms with van der Waals surface area (Å²) in [6, 6.07) is 4.07. The zero-order valence-corrected chi connectivity index (χ0v) is 9.62. The third kappa shape index (κ3) is 2.71. The molecule has 1 heterocycles. The summed E-state index contributed by atoms with van der Waals surface area (Å²) in [6.45, 7) is 4.03. The normalized spacial score (nSPS) is 17.7. The maximum Gasteiger partial charge on any atom is 0.140 e. The summed E-state index contributed by atoms with van der Waals surface area (Å²) in [6.07, 6.45) is 6.81. The third-order valence-corrected chi connectivity index (χ3v) is 3.02. The van der Waals surface area contributed by atoms with Crippen LogP contribution in [0.2, 0.25) is 0 Å². The zero-order valence-electron chi connectivity index (χ0n) is 9.62. The van der Waals surface area contributed by atoms with Crippen LogP contribution in [0.1, 0.15) is 43.5 Å². The van der Waals surface area contributed by atoms with Gasteiger partial charge < -0.3 is 4.74 Å². The van der Waals surface area contributed by atoms with Crippen molar-refractivity contribution in [3.8, 4) is 5.75 Å². The van der Waals surface area contributed by atoms with E-state index in [1.54, 1.807) is 0 Å². The molecule has 0 spiro atoms. The number of aromatic nitrogens is 1. The Kier molecular flexibility index (Phi) is 3.24. The summed E-state index contributed by atoms with van der Waals surface area (Å²) < 4.78 is 5.98. The second kappa shape index (κ2) is 4.65. The van der Waals surface area contributed by atoms with Gasteiger partial charge >= 0.3 is 0 Å². The standard InChI is InChI=1S/C13H19NO/c1-10-8-9-13(11(2)14-10)15-12-6-4-3-5-7-12/h8-9,12H,3-7H2,1-2H3. The number of hydrogen-bond donors (Lipinski definition) is 0. The van der Waals surface area contributed by atoms with Crippen molar-refractivity contribution in [2.45, 2.75) is 52.1 Å². The Hall–Kier alpha value is -1.05. The molecule has 0 amide bonds. The molecule has 15 heavy (non-hydrogen) atoms. The first kappa shape index (κ1) is 10.5. The molecule has 0 aliphatic heterocycles. The highest BCUT2D eigenvalue weighted by atomic mass is 16.5. The van der Waals surface area contributed by atoms with Gasteiger partial charge in [-0.25, -0.2) is 0 Å². The molecule has 0 unspecified atom stereocenters. The van der Waals surface area contributed by atoms with Gasteiger partial charge in [-0.1, -0.05) is 6.42 Å². The summed E-state index contributed by atoms with van der Waals surface area (Å²) in [5, 5.41) is 0. The van der Waals surface area contributed by atoms with Crippen LogP contribution in [0, 0.1) is 13.8 Å². The fraction of sp³-hybridized carbons (Fsp3) is 0.615. The van der Waals surface area contributed by atoms with Crippen LogP contribution >= 0.6 is 0 Å². The van der Waals surface area contributed by atoms with E-state index in [9.17, 15) is 0 Å². The molecule has 1 aliphatic carbocycles.